The summed E-state index contributed by atoms with van der Waals surface area (Å²) in [6.07, 6.45) is 5.17. The van der Waals surface area contributed by atoms with Gasteiger partial charge in [0, 0.05) is 48.3 Å². The Morgan fingerprint density at radius 2 is 1.81 bits per heavy atom. The number of nitrogens with zero attached hydrogens (tertiary/aromatic N) is 8. The van der Waals surface area contributed by atoms with E-state index in [1.807, 2.05) is 19.9 Å². The molecule has 0 aromatic carbocycles. The van der Waals surface area contributed by atoms with Gasteiger partial charge in [0.25, 0.3) is 5.92 Å². The first-order valence-electron chi connectivity index (χ1n) is 15.3. The summed E-state index contributed by atoms with van der Waals surface area (Å²) >= 11 is 3.34. The van der Waals surface area contributed by atoms with Gasteiger partial charge in [0.15, 0.2) is 5.78 Å². The fourth-order valence-electron chi connectivity index (χ4n) is 7.31. The third-order valence-electron chi connectivity index (χ3n) is 9.72. The van der Waals surface area contributed by atoms with Gasteiger partial charge in [-0.05, 0) is 59.8 Å². The standard InChI is InChI=1S/C32H32BrF2N9O3/c1-16-5-6-25(33)39-29(16)40-30(47)23-8-31(13-42-14-32(34,35)15-42)17(2)28(31)44(23)26(46)12-43-24-11-38-22(20-9-36-19(4)37-10-20)7-21(24)27(41-43)18(3)45/h5-7,9-11,17,23,28H,8,12-15H2,1-4H3,(H,39,40,47)/t17?,23-,28?,31-/m0/s1. The van der Waals surface area contributed by atoms with Crippen LogP contribution in [0.15, 0.2) is 41.4 Å². The maximum absolute atomic E-state index is 14.2. The second kappa shape index (κ2) is 11.2. The van der Waals surface area contributed by atoms with Crippen molar-refractivity contribution in [2.45, 2.75) is 58.7 Å². The molecule has 4 aromatic heterocycles. The zero-order valence-corrected chi connectivity index (χ0v) is 27.8. The number of rotatable bonds is 8. The first kappa shape index (κ1) is 31.4. The lowest BCUT2D eigenvalue weighted by atomic mass is 9.93. The zero-order valence-electron chi connectivity index (χ0n) is 26.2. The van der Waals surface area contributed by atoms with Crippen LogP contribution in [0.1, 0.15) is 42.1 Å². The Morgan fingerprint density at radius 1 is 1.09 bits per heavy atom. The molecule has 2 saturated heterocycles. The van der Waals surface area contributed by atoms with E-state index in [4.69, 9.17) is 0 Å². The van der Waals surface area contributed by atoms with Crippen molar-refractivity contribution in [3.63, 3.8) is 0 Å². The summed E-state index contributed by atoms with van der Waals surface area (Å²) in [4.78, 5) is 61.4. The average molecular weight is 709 g/mol. The van der Waals surface area contributed by atoms with Gasteiger partial charge in [-0.15, -0.1) is 0 Å². The minimum absolute atomic E-state index is 0.00134. The van der Waals surface area contributed by atoms with Crippen molar-refractivity contribution in [3.05, 3.63) is 58.5 Å². The van der Waals surface area contributed by atoms with E-state index in [0.29, 0.717) is 51.4 Å². The molecule has 15 heteroatoms. The van der Waals surface area contributed by atoms with Gasteiger partial charge in [-0.3, -0.25) is 28.9 Å². The molecule has 2 aliphatic heterocycles. The van der Waals surface area contributed by atoms with Crippen LogP contribution in [-0.4, -0.2) is 94.8 Å². The summed E-state index contributed by atoms with van der Waals surface area (Å²) in [6, 6.07) is 4.13. The number of fused-ring (bicyclic) bond motifs is 2. The van der Waals surface area contributed by atoms with Crippen molar-refractivity contribution in [2.75, 3.05) is 25.0 Å². The Morgan fingerprint density at radius 3 is 2.49 bits per heavy atom. The number of amides is 2. The number of pyridine rings is 2. The predicted octanol–water partition coefficient (Wildman–Crippen LogP) is 4.06. The second-order valence-corrected chi connectivity index (χ2v) is 13.8. The molecular weight excluding hydrogens is 676 g/mol. The first-order valence-corrected chi connectivity index (χ1v) is 16.1. The molecule has 244 valence electrons. The topological polar surface area (TPSA) is 139 Å². The van der Waals surface area contributed by atoms with Crippen LogP contribution < -0.4 is 5.32 Å². The smallest absolute Gasteiger partial charge is 0.272 e. The van der Waals surface area contributed by atoms with E-state index in [0.717, 1.165) is 5.56 Å². The van der Waals surface area contributed by atoms with Crippen molar-refractivity contribution in [2.24, 2.45) is 11.3 Å². The molecular formula is C32H32BrF2N9O3. The van der Waals surface area contributed by atoms with Crippen LogP contribution in [0.3, 0.4) is 0 Å². The number of hydrogen-bond donors (Lipinski definition) is 1. The normalized spacial score (nSPS) is 24.6. The molecule has 4 aromatic rings. The molecule has 1 N–H and O–H groups in total. The third kappa shape index (κ3) is 5.48. The van der Waals surface area contributed by atoms with E-state index in [1.165, 1.54) is 11.6 Å². The van der Waals surface area contributed by atoms with Gasteiger partial charge >= 0.3 is 0 Å². The molecule has 0 spiro atoms. The van der Waals surface area contributed by atoms with E-state index in [1.54, 1.807) is 47.4 Å². The van der Waals surface area contributed by atoms with Gasteiger partial charge < -0.3 is 10.2 Å². The first-order chi connectivity index (χ1) is 22.3. The van der Waals surface area contributed by atoms with Crippen molar-refractivity contribution >= 4 is 50.2 Å². The van der Waals surface area contributed by atoms with E-state index >= 15 is 0 Å². The fourth-order valence-corrected chi connectivity index (χ4v) is 7.62. The number of ketones is 1. The van der Waals surface area contributed by atoms with Crippen LogP contribution in [0.25, 0.3) is 22.2 Å². The number of anilines is 1. The summed E-state index contributed by atoms with van der Waals surface area (Å²) in [5.74, 6) is -2.81. The highest BCUT2D eigenvalue weighted by Crippen LogP contribution is 2.65. The maximum atomic E-state index is 14.2. The highest BCUT2D eigenvalue weighted by atomic mass is 79.9. The predicted molar refractivity (Wildman–Crippen MR) is 171 cm³/mol. The number of Topliss-reactive ketones (excluding diaryl/α,β-unsaturated/α-hetero) is 1. The van der Waals surface area contributed by atoms with Gasteiger partial charge in [0.1, 0.15) is 34.5 Å². The molecule has 47 heavy (non-hydrogen) atoms. The monoisotopic (exact) mass is 707 g/mol. The number of aryl methyl sites for hydroxylation is 2. The number of hydrogen-bond acceptors (Lipinski definition) is 9. The largest absolute Gasteiger partial charge is 0.325 e. The molecule has 3 fully saturated rings. The molecule has 2 unspecified atom stereocenters. The Bertz CT molecular complexity index is 1940. The fraction of sp³-hybridized carbons (Fsp3) is 0.438. The Kier molecular flexibility index (Phi) is 7.46. The molecule has 6 heterocycles. The summed E-state index contributed by atoms with van der Waals surface area (Å²) < 4.78 is 29.5. The SMILES string of the molecule is CC(=O)c1nn(CC(=O)N2C3C(C)[C@@]3(CN3CC(F)(F)C3)C[C@H]2C(=O)Nc2nc(Br)ccc2C)c2cnc(-c3cnc(C)nc3)cc12. The summed E-state index contributed by atoms with van der Waals surface area (Å²) in [5.41, 5.74) is 2.12. The highest BCUT2D eigenvalue weighted by molar-refractivity contribution is 9.10. The Labute approximate surface area is 277 Å². The second-order valence-electron chi connectivity index (χ2n) is 12.9. The van der Waals surface area contributed by atoms with E-state index in [2.05, 4.69) is 46.3 Å². The molecule has 2 amide bonds. The number of piperidine rings is 1. The molecule has 0 radical (unpaired) electrons. The van der Waals surface area contributed by atoms with Gasteiger partial charge in [0.2, 0.25) is 11.8 Å². The van der Waals surface area contributed by atoms with Crippen LogP contribution in [-0.2, 0) is 16.1 Å². The average Bonchev–Trinajstić information content (AvgIpc) is 3.28. The van der Waals surface area contributed by atoms with Crippen molar-refractivity contribution in [1.29, 1.82) is 0 Å². The van der Waals surface area contributed by atoms with Crippen molar-refractivity contribution < 1.29 is 23.2 Å². The molecule has 7 rings (SSSR count). The molecule has 3 aliphatic rings. The zero-order chi connectivity index (χ0) is 33.4. The number of likely N-dealkylation sites (tertiary alicyclic amines) is 2. The van der Waals surface area contributed by atoms with E-state index in [-0.39, 0.29) is 49.0 Å². The molecule has 1 aliphatic carbocycles. The summed E-state index contributed by atoms with van der Waals surface area (Å²) in [6.45, 7) is 6.43. The minimum Gasteiger partial charge on any atom is -0.325 e. The van der Waals surface area contributed by atoms with Crippen LogP contribution in [0, 0.1) is 25.2 Å². The number of carbonyl (C=O) groups excluding carboxylic acids is 3. The van der Waals surface area contributed by atoms with Crippen molar-refractivity contribution in [3.8, 4) is 11.3 Å². The van der Waals surface area contributed by atoms with Crippen LogP contribution in [0.5, 0.6) is 0 Å². The van der Waals surface area contributed by atoms with Gasteiger partial charge in [-0.25, -0.2) is 23.7 Å². The van der Waals surface area contributed by atoms with Gasteiger partial charge in [-0.1, -0.05) is 13.0 Å². The summed E-state index contributed by atoms with van der Waals surface area (Å²) in [7, 11) is 0. The number of carbonyl (C=O) groups is 3. The van der Waals surface area contributed by atoms with E-state index in [9.17, 15) is 23.2 Å². The van der Waals surface area contributed by atoms with Crippen LogP contribution in [0.2, 0.25) is 0 Å². The third-order valence-corrected chi connectivity index (χ3v) is 10.2. The van der Waals surface area contributed by atoms with E-state index < -0.39 is 23.3 Å². The number of aromatic nitrogens is 6. The number of alkyl halides is 2. The number of nitrogens with one attached hydrogen (secondary N) is 1. The van der Waals surface area contributed by atoms with Gasteiger partial charge in [-0.2, -0.15) is 5.10 Å². The number of halogens is 3. The quantitative estimate of drug-likeness (QED) is 0.212. The minimum atomic E-state index is -2.73. The highest BCUT2D eigenvalue weighted by Gasteiger charge is 2.73. The van der Waals surface area contributed by atoms with Crippen LogP contribution >= 0.6 is 15.9 Å². The molecule has 4 atom stereocenters. The lowest BCUT2D eigenvalue weighted by Crippen LogP contribution is -2.57. The molecule has 12 nitrogen and oxygen atoms in total. The summed E-state index contributed by atoms with van der Waals surface area (Å²) in [5, 5.41) is 7.92. The molecule has 0 bridgehead atoms. The lowest BCUT2D eigenvalue weighted by Gasteiger charge is -2.40. The molecule has 1 saturated carbocycles. The maximum Gasteiger partial charge on any atom is 0.272 e. The Hall–Kier alpha value is -4.24. The van der Waals surface area contributed by atoms with Crippen LogP contribution in [0.4, 0.5) is 14.6 Å². The lowest BCUT2D eigenvalue weighted by molar-refractivity contribution is -0.139. The Balaban J connectivity index is 1.20. The van der Waals surface area contributed by atoms with Gasteiger partial charge in [0.05, 0.1) is 30.5 Å². The van der Waals surface area contributed by atoms with Crippen molar-refractivity contribution in [1.82, 2.24) is 39.5 Å².